The zero-order valence-electron chi connectivity index (χ0n) is 18.2. The van der Waals surface area contributed by atoms with Gasteiger partial charge in [-0.05, 0) is 6.42 Å². The molecule has 0 rings (SSSR count). The van der Waals surface area contributed by atoms with E-state index in [1.165, 1.54) is 135 Å². The van der Waals surface area contributed by atoms with Crippen LogP contribution in [-0.2, 0) is 4.79 Å². The highest BCUT2D eigenvalue weighted by Gasteiger charge is 1.95. The van der Waals surface area contributed by atoms with Crippen LogP contribution < -0.4 is 0 Å². The van der Waals surface area contributed by atoms with Crippen molar-refractivity contribution in [2.24, 2.45) is 0 Å². The van der Waals surface area contributed by atoms with Crippen LogP contribution in [-0.4, -0.2) is 6.29 Å². The molecule has 0 aliphatic rings. The molecule has 0 aromatic rings. The van der Waals surface area contributed by atoms with Crippen LogP contribution in [0.5, 0.6) is 0 Å². The number of carbonyl (C=O) groups excluding carboxylic acids is 1. The molecule has 0 radical (unpaired) electrons. The molecular formula is C25H50O. The summed E-state index contributed by atoms with van der Waals surface area (Å²) >= 11 is 0. The molecule has 1 nitrogen and oxygen atoms in total. The predicted molar refractivity (Wildman–Crippen MR) is 118 cm³/mol. The second-order valence-corrected chi connectivity index (χ2v) is 8.38. The maximum Gasteiger partial charge on any atom is 0.119 e. The Kier molecular flexibility index (Phi) is 24.4. The van der Waals surface area contributed by atoms with Crippen molar-refractivity contribution < 1.29 is 4.79 Å². The van der Waals surface area contributed by atoms with Gasteiger partial charge in [0.05, 0.1) is 0 Å². The van der Waals surface area contributed by atoms with Crippen LogP contribution in [0, 0.1) is 0 Å². The van der Waals surface area contributed by atoms with E-state index in [0.29, 0.717) is 0 Å². The average molecular weight is 367 g/mol. The molecule has 0 fully saturated rings. The Balaban J connectivity index is 2.96. The SMILES string of the molecule is CCCCCCCCCCCCCCCCCCCCCCCCC=O. The van der Waals surface area contributed by atoms with Crippen LogP contribution in [0.1, 0.15) is 155 Å². The van der Waals surface area contributed by atoms with E-state index in [4.69, 9.17) is 0 Å². The Morgan fingerprint density at radius 3 is 0.846 bits per heavy atom. The van der Waals surface area contributed by atoms with Crippen LogP contribution >= 0.6 is 0 Å². The lowest BCUT2D eigenvalue weighted by atomic mass is 10.0. The first-order chi connectivity index (χ1) is 12.9. The third kappa shape index (κ3) is 23.7. The molecular weight excluding hydrogens is 316 g/mol. The van der Waals surface area contributed by atoms with Crippen molar-refractivity contribution in [1.29, 1.82) is 0 Å². The molecule has 0 saturated carbocycles. The summed E-state index contributed by atoms with van der Waals surface area (Å²) in [4.78, 5) is 10.2. The van der Waals surface area contributed by atoms with E-state index >= 15 is 0 Å². The van der Waals surface area contributed by atoms with E-state index in [0.717, 1.165) is 19.1 Å². The summed E-state index contributed by atoms with van der Waals surface area (Å²) in [6, 6.07) is 0. The summed E-state index contributed by atoms with van der Waals surface area (Å²) in [7, 11) is 0. The van der Waals surface area contributed by atoms with Gasteiger partial charge in [0, 0.05) is 6.42 Å². The largest absolute Gasteiger partial charge is 0.303 e. The number of rotatable bonds is 23. The molecule has 0 spiro atoms. The van der Waals surface area contributed by atoms with Crippen molar-refractivity contribution in [2.75, 3.05) is 0 Å². The molecule has 1 heteroatoms. The van der Waals surface area contributed by atoms with Crippen molar-refractivity contribution >= 4 is 6.29 Å². The highest BCUT2D eigenvalue weighted by atomic mass is 16.1. The van der Waals surface area contributed by atoms with Gasteiger partial charge in [-0.25, -0.2) is 0 Å². The molecule has 0 unspecified atom stereocenters. The quantitative estimate of drug-likeness (QED) is 0.130. The molecule has 156 valence electrons. The number of unbranched alkanes of at least 4 members (excludes halogenated alkanes) is 22. The number of hydrogen-bond donors (Lipinski definition) is 0. The second kappa shape index (κ2) is 24.7. The summed E-state index contributed by atoms with van der Waals surface area (Å²) in [5, 5.41) is 0. The summed E-state index contributed by atoms with van der Waals surface area (Å²) in [5.41, 5.74) is 0. The van der Waals surface area contributed by atoms with Gasteiger partial charge < -0.3 is 4.79 Å². The van der Waals surface area contributed by atoms with Gasteiger partial charge in [-0.15, -0.1) is 0 Å². The van der Waals surface area contributed by atoms with Crippen molar-refractivity contribution in [2.45, 2.75) is 155 Å². The van der Waals surface area contributed by atoms with Gasteiger partial charge in [-0.3, -0.25) is 0 Å². The fourth-order valence-electron chi connectivity index (χ4n) is 3.84. The minimum Gasteiger partial charge on any atom is -0.303 e. The predicted octanol–water partition coefficient (Wildman–Crippen LogP) is 9.18. The van der Waals surface area contributed by atoms with E-state index in [9.17, 15) is 4.79 Å². The molecule has 0 aliphatic carbocycles. The zero-order valence-corrected chi connectivity index (χ0v) is 18.2. The van der Waals surface area contributed by atoms with Crippen LogP contribution in [0.3, 0.4) is 0 Å². The van der Waals surface area contributed by atoms with E-state index < -0.39 is 0 Å². The topological polar surface area (TPSA) is 17.1 Å². The Hall–Kier alpha value is -0.330. The molecule has 0 aliphatic heterocycles. The van der Waals surface area contributed by atoms with E-state index in [1.54, 1.807) is 0 Å². The minimum absolute atomic E-state index is 0.763. The lowest BCUT2D eigenvalue weighted by molar-refractivity contribution is -0.107. The smallest absolute Gasteiger partial charge is 0.119 e. The van der Waals surface area contributed by atoms with Gasteiger partial charge in [-0.1, -0.05) is 142 Å². The normalized spacial score (nSPS) is 11.1. The summed E-state index contributed by atoms with van der Waals surface area (Å²) in [6.45, 7) is 2.29. The molecule has 0 N–H and O–H groups in total. The monoisotopic (exact) mass is 366 g/mol. The van der Waals surface area contributed by atoms with Crippen molar-refractivity contribution in [3.63, 3.8) is 0 Å². The fraction of sp³-hybridized carbons (Fsp3) is 0.960. The molecule has 0 atom stereocenters. The summed E-state index contributed by atoms with van der Waals surface area (Å²) < 4.78 is 0. The first kappa shape index (κ1) is 25.7. The van der Waals surface area contributed by atoms with E-state index in [1.807, 2.05) is 0 Å². The van der Waals surface area contributed by atoms with Crippen molar-refractivity contribution in [3.05, 3.63) is 0 Å². The van der Waals surface area contributed by atoms with Crippen LogP contribution in [0.2, 0.25) is 0 Å². The molecule has 0 bridgehead atoms. The Bertz CT molecular complexity index is 249. The number of carbonyl (C=O) groups is 1. The lowest BCUT2D eigenvalue weighted by Crippen LogP contribution is -1.84. The molecule has 0 saturated heterocycles. The molecule has 26 heavy (non-hydrogen) atoms. The minimum atomic E-state index is 0.763. The first-order valence-electron chi connectivity index (χ1n) is 12.4. The van der Waals surface area contributed by atoms with Crippen molar-refractivity contribution in [1.82, 2.24) is 0 Å². The average Bonchev–Trinajstić information content (AvgIpc) is 2.66. The highest BCUT2D eigenvalue weighted by molar-refractivity contribution is 5.48. The van der Waals surface area contributed by atoms with Crippen LogP contribution in [0.25, 0.3) is 0 Å². The van der Waals surface area contributed by atoms with Crippen molar-refractivity contribution in [3.8, 4) is 0 Å². The summed E-state index contributed by atoms with van der Waals surface area (Å²) in [6.07, 6.45) is 33.0. The maximum absolute atomic E-state index is 10.2. The molecule has 0 aromatic carbocycles. The van der Waals surface area contributed by atoms with Crippen LogP contribution in [0.4, 0.5) is 0 Å². The number of hydrogen-bond acceptors (Lipinski definition) is 1. The van der Waals surface area contributed by atoms with Gasteiger partial charge in [0.25, 0.3) is 0 Å². The maximum atomic E-state index is 10.2. The highest BCUT2D eigenvalue weighted by Crippen LogP contribution is 2.15. The van der Waals surface area contributed by atoms with Gasteiger partial charge in [0.15, 0.2) is 0 Å². The Labute approximate surface area is 166 Å². The summed E-state index contributed by atoms with van der Waals surface area (Å²) in [5.74, 6) is 0. The van der Waals surface area contributed by atoms with Gasteiger partial charge in [0.1, 0.15) is 6.29 Å². The molecule has 0 aromatic heterocycles. The van der Waals surface area contributed by atoms with Gasteiger partial charge >= 0.3 is 0 Å². The van der Waals surface area contributed by atoms with Gasteiger partial charge in [0.2, 0.25) is 0 Å². The third-order valence-corrected chi connectivity index (χ3v) is 5.68. The lowest BCUT2D eigenvalue weighted by Gasteiger charge is -2.04. The van der Waals surface area contributed by atoms with E-state index in [2.05, 4.69) is 6.92 Å². The van der Waals surface area contributed by atoms with E-state index in [-0.39, 0.29) is 0 Å². The number of aldehydes is 1. The molecule has 0 heterocycles. The van der Waals surface area contributed by atoms with Crippen LogP contribution in [0.15, 0.2) is 0 Å². The third-order valence-electron chi connectivity index (χ3n) is 5.68. The standard InChI is InChI=1S/C25H50O/c1-2-3-4-5-6-7-8-9-10-11-12-13-14-15-16-17-18-19-20-21-22-23-24-25-26/h25H,2-24H2,1H3. The zero-order chi connectivity index (χ0) is 19.0. The van der Waals surface area contributed by atoms with Gasteiger partial charge in [-0.2, -0.15) is 0 Å². The fourth-order valence-corrected chi connectivity index (χ4v) is 3.84. The Morgan fingerprint density at radius 1 is 0.385 bits per heavy atom. The Morgan fingerprint density at radius 2 is 0.615 bits per heavy atom. The second-order valence-electron chi connectivity index (χ2n) is 8.38. The first-order valence-corrected chi connectivity index (χ1v) is 12.4. The molecule has 0 amide bonds.